The molecule has 2 nitrogen and oxygen atoms in total. The van der Waals surface area contributed by atoms with E-state index in [1.807, 2.05) is 18.2 Å². The van der Waals surface area contributed by atoms with Crippen LogP contribution in [0.2, 0.25) is 0 Å². The van der Waals surface area contributed by atoms with Crippen LogP contribution in [-0.2, 0) is 6.42 Å². The zero-order valence-corrected chi connectivity index (χ0v) is 10.2. The SMILES string of the molecule is OC(COc1ccccc1)Cc1cccc(F)c1F. The molecule has 0 aliphatic carbocycles. The van der Waals surface area contributed by atoms with Crippen molar-refractivity contribution in [1.29, 1.82) is 0 Å². The number of ether oxygens (including phenoxy) is 1. The van der Waals surface area contributed by atoms with Crippen LogP contribution in [0.4, 0.5) is 8.78 Å². The molecule has 0 heterocycles. The van der Waals surface area contributed by atoms with Crippen molar-refractivity contribution in [3.8, 4) is 5.75 Å². The van der Waals surface area contributed by atoms with E-state index in [-0.39, 0.29) is 18.6 Å². The van der Waals surface area contributed by atoms with E-state index in [0.717, 1.165) is 6.07 Å². The average Bonchev–Trinajstić information content (AvgIpc) is 2.43. The van der Waals surface area contributed by atoms with Gasteiger partial charge in [0.1, 0.15) is 12.4 Å². The van der Waals surface area contributed by atoms with Crippen LogP contribution in [0.15, 0.2) is 48.5 Å². The zero-order valence-electron chi connectivity index (χ0n) is 10.2. The molecule has 19 heavy (non-hydrogen) atoms. The smallest absolute Gasteiger partial charge is 0.162 e. The van der Waals surface area contributed by atoms with Crippen molar-refractivity contribution >= 4 is 0 Å². The normalized spacial score (nSPS) is 12.2. The zero-order chi connectivity index (χ0) is 13.7. The van der Waals surface area contributed by atoms with Gasteiger partial charge >= 0.3 is 0 Å². The van der Waals surface area contributed by atoms with E-state index < -0.39 is 17.7 Å². The Kier molecular flexibility index (Phi) is 4.47. The van der Waals surface area contributed by atoms with Gasteiger partial charge in [-0.15, -0.1) is 0 Å². The van der Waals surface area contributed by atoms with E-state index in [2.05, 4.69) is 0 Å². The van der Waals surface area contributed by atoms with Crippen molar-refractivity contribution < 1.29 is 18.6 Å². The van der Waals surface area contributed by atoms with Gasteiger partial charge in [0.15, 0.2) is 11.6 Å². The fraction of sp³-hybridized carbons (Fsp3) is 0.200. The van der Waals surface area contributed by atoms with Crippen LogP contribution >= 0.6 is 0 Å². The Hall–Kier alpha value is -1.94. The molecule has 1 atom stereocenters. The third-order valence-electron chi connectivity index (χ3n) is 2.67. The maximum Gasteiger partial charge on any atom is 0.162 e. The molecule has 0 fully saturated rings. The highest BCUT2D eigenvalue weighted by Crippen LogP contribution is 2.14. The monoisotopic (exact) mass is 264 g/mol. The molecule has 0 aromatic heterocycles. The Morgan fingerprint density at radius 2 is 1.74 bits per heavy atom. The maximum absolute atomic E-state index is 13.4. The predicted octanol–water partition coefficient (Wildman–Crippen LogP) is 2.95. The summed E-state index contributed by atoms with van der Waals surface area (Å²) in [6.45, 7) is 0.0277. The molecule has 2 rings (SSSR count). The summed E-state index contributed by atoms with van der Waals surface area (Å²) in [7, 11) is 0. The van der Waals surface area contributed by atoms with Crippen molar-refractivity contribution in [2.45, 2.75) is 12.5 Å². The summed E-state index contributed by atoms with van der Waals surface area (Å²) in [5.41, 5.74) is 0.143. The maximum atomic E-state index is 13.4. The number of rotatable bonds is 5. The van der Waals surface area contributed by atoms with Crippen LogP contribution in [0.1, 0.15) is 5.56 Å². The van der Waals surface area contributed by atoms with Crippen molar-refractivity contribution in [3.05, 3.63) is 65.7 Å². The standard InChI is InChI=1S/C15H14F2O2/c16-14-8-4-5-11(15(14)17)9-12(18)10-19-13-6-2-1-3-7-13/h1-8,12,18H,9-10H2. The van der Waals surface area contributed by atoms with Crippen molar-refractivity contribution in [2.75, 3.05) is 6.61 Å². The van der Waals surface area contributed by atoms with Gasteiger partial charge < -0.3 is 9.84 Å². The fourth-order valence-corrected chi connectivity index (χ4v) is 1.73. The van der Waals surface area contributed by atoms with Gasteiger partial charge in [-0.25, -0.2) is 8.78 Å². The van der Waals surface area contributed by atoms with Crippen LogP contribution in [0.5, 0.6) is 5.75 Å². The number of aliphatic hydroxyl groups excluding tert-OH is 1. The Labute approximate surface area is 110 Å². The highest BCUT2D eigenvalue weighted by Gasteiger charge is 2.13. The summed E-state index contributed by atoms with van der Waals surface area (Å²) in [4.78, 5) is 0. The van der Waals surface area contributed by atoms with E-state index in [1.165, 1.54) is 12.1 Å². The van der Waals surface area contributed by atoms with E-state index in [4.69, 9.17) is 4.74 Å². The number of hydrogen-bond acceptors (Lipinski definition) is 2. The van der Waals surface area contributed by atoms with E-state index in [9.17, 15) is 13.9 Å². The van der Waals surface area contributed by atoms with Crippen molar-refractivity contribution in [3.63, 3.8) is 0 Å². The number of para-hydroxylation sites is 1. The first kappa shape index (κ1) is 13.5. The van der Waals surface area contributed by atoms with E-state index >= 15 is 0 Å². The summed E-state index contributed by atoms with van der Waals surface area (Å²) < 4.78 is 31.7. The van der Waals surface area contributed by atoms with Gasteiger partial charge in [0, 0.05) is 6.42 Å². The molecule has 0 bridgehead atoms. The Morgan fingerprint density at radius 1 is 1.00 bits per heavy atom. The minimum absolute atomic E-state index is 0.0103. The average molecular weight is 264 g/mol. The minimum atomic E-state index is -0.915. The molecule has 2 aromatic carbocycles. The van der Waals surface area contributed by atoms with Crippen LogP contribution < -0.4 is 4.74 Å². The lowest BCUT2D eigenvalue weighted by Crippen LogP contribution is -2.21. The summed E-state index contributed by atoms with van der Waals surface area (Å²) in [5, 5.41) is 9.77. The first-order chi connectivity index (χ1) is 9.16. The lowest BCUT2D eigenvalue weighted by Gasteiger charge is -2.13. The third-order valence-corrected chi connectivity index (χ3v) is 2.67. The van der Waals surface area contributed by atoms with Gasteiger partial charge in [0.25, 0.3) is 0 Å². The first-order valence-corrected chi connectivity index (χ1v) is 5.95. The second kappa shape index (κ2) is 6.29. The molecule has 4 heteroatoms. The number of hydrogen-bond donors (Lipinski definition) is 1. The molecule has 2 aromatic rings. The lowest BCUT2D eigenvalue weighted by atomic mass is 10.1. The third kappa shape index (κ3) is 3.76. The highest BCUT2D eigenvalue weighted by molar-refractivity contribution is 5.22. The first-order valence-electron chi connectivity index (χ1n) is 5.95. The van der Waals surface area contributed by atoms with E-state index in [0.29, 0.717) is 5.75 Å². The highest BCUT2D eigenvalue weighted by atomic mass is 19.2. The van der Waals surface area contributed by atoms with E-state index in [1.54, 1.807) is 12.1 Å². The molecule has 0 aliphatic rings. The Bertz CT molecular complexity index is 529. The molecule has 1 unspecified atom stereocenters. The molecular weight excluding hydrogens is 250 g/mol. The molecule has 0 spiro atoms. The molecule has 0 saturated carbocycles. The summed E-state index contributed by atoms with van der Waals surface area (Å²) in [6.07, 6.45) is -0.882. The van der Waals surface area contributed by atoms with Gasteiger partial charge in [-0.3, -0.25) is 0 Å². The van der Waals surface area contributed by atoms with Gasteiger partial charge in [-0.05, 0) is 23.8 Å². The Balaban J connectivity index is 1.91. The second-order valence-corrected chi connectivity index (χ2v) is 4.19. The van der Waals surface area contributed by atoms with Crippen LogP contribution in [0.3, 0.4) is 0 Å². The molecule has 0 amide bonds. The van der Waals surface area contributed by atoms with Gasteiger partial charge in [0.2, 0.25) is 0 Å². The largest absolute Gasteiger partial charge is 0.491 e. The second-order valence-electron chi connectivity index (χ2n) is 4.19. The van der Waals surface area contributed by atoms with Crippen molar-refractivity contribution in [2.24, 2.45) is 0 Å². The number of aliphatic hydroxyl groups is 1. The van der Waals surface area contributed by atoms with Crippen LogP contribution in [-0.4, -0.2) is 17.8 Å². The molecule has 1 N–H and O–H groups in total. The van der Waals surface area contributed by atoms with Gasteiger partial charge in [0.05, 0.1) is 6.10 Å². The summed E-state index contributed by atoms with van der Waals surface area (Å²) in [6, 6.07) is 12.9. The summed E-state index contributed by atoms with van der Waals surface area (Å²) in [5.74, 6) is -1.20. The number of halogens is 2. The number of benzene rings is 2. The molecule has 100 valence electrons. The quantitative estimate of drug-likeness (QED) is 0.899. The van der Waals surface area contributed by atoms with Crippen LogP contribution in [0.25, 0.3) is 0 Å². The minimum Gasteiger partial charge on any atom is -0.491 e. The lowest BCUT2D eigenvalue weighted by molar-refractivity contribution is 0.107. The van der Waals surface area contributed by atoms with Gasteiger partial charge in [-0.1, -0.05) is 30.3 Å². The van der Waals surface area contributed by atoms with Crippen LogP contribution in [0, 0.1) is 11.6 Å². The Morgan fingerprint density at radius 3 is 2.47 bits per heavy atom. The molecule has 0 radical (unpaired) electrons. The predicted molar refractivity (Wildman–Crippen MR) is 68.0 cm³/mol. The topological polar surface area (TPSA) is 29.5 Å². The molecule has 0 saturated heterocycles. The molecular formula is C15H14F2O2. The summed E-state index contributed by atoms with van der Waals surface area (Å²) >= 11 is 0. The fourth-order valence-electron chi connectivity index (χ4n) is 1.73. The molecule has 0 aliphatic heterocycles. The van der Waals surface area contributed by atoms with Crippen molar-refractivity contribution in [1.82, 2.24) is 0 Å². The van der Waals surface area contributed by atoms with Gasteiger partial charge in [-0.2, -0.15) is 0 Å².